The Kier molecular flexibility index (Phi) is 11.7. The van der Waals surface area contributed by atoms with Gasteiger partial charge in [-0.25, -0.2) is 0 Å². The van der Waals surface area contributed by atoms with Gasteiger partial charge in [0.1, 0.15) is 17.9 Å². The van der Waals surface area contributed by atoms with Crippen molar-refractivity contribution in [3.05, 3.63) is 77.9 Å². The first-order chi connectivity index (χ1) is 21.1. The highest BCUT2D eigenvalue weighted by molar-refractivity contribution is 5.93. The van der Waals surface area contributed by atoms with E-state index in [1.54, 1.807) is 25.3 Å². The Morgan fingerprint density at radius 2 is 1.70 bits per heavy atom. The Morgan fingerprint density at radius 1 is 0.977 bits per heavy atom. The first kappa shape index (κ1) is 32.9. The molecule has 6 atom stereocenters. The number of rotatable bonds is 8. The van der Waals surface area contributed by atoms with Crippen LogP contribution in [0.25, 0.3) is 0 Å². The van der Waals surface area contributed by atoms with Crippen molar-refractivity contribution in [1.82, 2.24) is 10.6 Å². The summed E-state index contributed by atoms with van der Waals surface area (Å²) in [5, 5.41) is 5.54. The van der Waals surface area contributed by atoms with Gasteiger partial charge < -0.3 is 24.8 Å². The molecule has 44 heavy (non-hydrogen) atoms. The summed E-state index contributed by atoms with van der Waals surface area (Å²) in [5.74, 6) is -0.849. The summed E-state index contributed by atoms with van der Waals surface area (Å²) in [5.41, 5.74) is 1.93. The zero-order chi connectivity index (χ0) is 31.6. The molecule has 2 N–H and O–H groups in total. The molecule has 0 bridgehead atoms. The number of carbonyl (C=O) groups excluding carboxylic acids is 4. The summed E-state index contributed by atoms with van der Waals surface area (Å²) in [6.07, 6.45) is 3.40. The van der Waals surface area contributed by atoms with Gasteiger partial charge in [0.05, 0.1) is 19.6 Å². The summed E-state index contributed by atoms with van der Waals surface area (Å²) < 4.78 is 17.0. The van der Waals surface area contributed by atoms with Crippen LogP contribution in [0, 0.1) is 17.8 Å². The molecule has 0 radical (unpaired) electrons. The van der Waals surface area contributed by atoms with E-state index in [2.05, 4.69) is 17.6 Å². The Labute approximate surface area is 259 Å². The minimum Gasteiger partial charge on any atom is -0.497 e. The van der Waals surface area contributed by atoms with Crippen molar-refractivity contribution < 1.29 is 33.4 Å². The molecule has 2 aliphatic rings. The molecule has 0 aromatic heterocycles. The number of hydrogen-bond acceptors (Lipinski definition) is 7. The van der Waals surface area contributed by atoms with Crippen LogP contribution in [-0.4, -0.2) is 55.5 Å². The number of methoxy groups -OCH3 is 1. The first-order valence-corrected chi connectivity index (χ1v) is 15.4. The van der Waals surface area contributed by atoms with Crippen LogP contribution in [0.5, 0.6) is 5.75 Å². The average molecular weight is 605 g/mol. The van der Waals surface area contributed by atoms with Gasteiger partial charge in [0, 0.05) is 19.4 Å². The lowest BCUT2D eigenvalue weighted by molar-refractivity contribution is -0.156. The van der Waals surface area contributed by atoms with Crippen molar-refractivity contribution in [3.63, 3.8) is 0 Å². The highest BCUT2D eigenvalue weighted by Crippen LogP contribution is 2.46. The number of Topliss-reactive ketones (excluding diaryl/α,β-unsaturated/α-hetero) is 1. The lowest BCUT2D eigenvalue weighted by Crippen LogP contribution is -2.48. The van der Waals surface area contributed by atoms with Gasteiger partial charge >= 0.3 is 5.97 Å². The quantitative estimate of drug-likeness (QED) is 0.336. The number of carbonyl (C=O) groups is 4. The predicted molar refractivity (Wildman–Crippen MR) is 166 cm³/mol. The SMILES string of the molecule is COc1ccc(C[C@H]2NC(=O)/C=C/C[C@@H]([C@H](C)[C@H]3O[C@H]3c3ccccc3)CC(=O)[C@H](CC(C)C)OC(=O)CCNC2=O)cc1. The van der Waals surface area contributed by atoms with E-state index in [-0.39, 0.29) is 61.6 Å². The van der Waals surface area contributed by atoms with Crippen molar-refractivity contribution in [3.8, 4) is 5.75 Å². The highest BCUT2D eigenvalue weighted by Gasteiger charge is 2.46. The standard InChI is InChI=1S/C35H44N2O7/c1-22(2)19-30-29(38)21-26(23(3)33-34(44-33)25-9-6-5-7-10-25)11-8-12-31(39)37-28(35(41)36-18-17-32(40)43-30)20-24-13-15-27(42-4)16-14-24/h5-10,12-16,22-23,26,28,30,33-34H,11,17-21H2,1-4H3,(H,36,41)(H,37,39)/b12-8+/t23-,26+,28+,30-,33+,34-/m0/s1. The van der Waals surface area contributed by atoms with Crippen molar-refractivity contribution >= 4 is 23.6 Å². The third-order valence-corrected chi connectivity index (χ3v) is 8.27. The zero-order valence-corrected chi connectivity index (χ0v) is 26.0. The second-order valence-electron chi connectivity index (χ2n) is 12.1. The van der Waals surface area contributed by atoms with Gasteiger partial charge in [-0.05, 0) is 59.9 Å². The molecule has 1 fully saturated rings. The summed E-state index contributed by atoms with van der Waals surface area (Å²) in [6.45, 7) is 6.04. The molecule has 0 spiro atoms. The maximum absolute atomic E-state index is 13.6. The maximum Gasteiger partial charge on any atom is 0.308 e. The number of amides is 2. The molecule has 9 nitrogen and oxygen atoms in total. The second-order valence-corrected chi connectivity index (χ2v) is 12.1. The van der Waals surface area contributed by atoms with Gasteiger partial charge in [-0.3, -0.25) is 19.2 Å². The lowest BCUT2D eigenvalue weighted by atomic mass is 9.81. The van der Waals surface area contributed by atoms with E-state index < -0.39 is 29.9 Å². The number of hydrogen-bond donors (Lipinski definition) is 2. The van der Waals surface area contributed by atoms with E-state index in [4.69, 9.17) is 14.2 Å². The number of allylic oxidation sites excluding steroid dienone is 1. The van der Waals surface area contributed by atoms with Gasteiger partial charge in [0.2, 0.25) is 11.8 Å². The van der Waals surface area contributed by atoms with Crippen molar-refractivity contribution in [2.45, 2.75) is 77.2 Å². The Bertz CT molecular complexity index is 1310. The Balaban J connectivity index is 1.54. The number of epoxide rings is 1. The van der Waals surface area contributed by atoms with Gasteiger partial charge in [-0.2, -0.15) is 0 Å². The van der Waals surface area contributed by atoms with Crippen molar-refractivity contribution in [2.24, 2.45) is 17.8 Å². The molecule has 9 heteroatoms. The second kappa shape index (κ2) is 15.7. The minimum absolute atomic E-state index is 0.000231. The molecule has 236 valence electrons. The number of benzene rings is 2. The molecule has 2 aromatic rings. The van der Waals surface area contributed by atoms with Crippen LogP contribution < -0.4 is 15.4 Å². The molecule has 2 amide bonds. The van der Waals surface area contributed by atoms with E-state index >= 15 is 0 Å². The lowest BCUT2D eigenvalue weighted by Gasteiger charge is -2.25. The van der Waals surface area contributed by atoms with Crippen LogP contribution in [0.2, 0.25) is 0 Å². The number of cyclic esters (lactones) is 1. The first-order valence-electron chi connectivity index (χ1n) is 15.4. The molecule has 0 unspecified atom stereocenters. The fraction of sp³-hybridized carbons (Fsp3) is 0.486. The monoisotopic (exact) mass is 604 g/mol. The molecule has 2 aliphatic heterocycles. The fourth-order valence-electron chi connectivity index (χ4n) is 5.65. The molecular formula is C35H44N2O7. The van der Waals surface area contributed by atoms with Crippen LogP contribution in [-0.2, 0) is 35.1 Å². The van der Waals surface area contributed by atoms with Gasteiger partial charge in [0.25, 0.3) is 0 Å². The van der Waals surface area contributed by atoms with E-state index in [1.165, 1.54) is 6.08 Å². The molecule has 1 saturated heterocycles. The third-order valence-electron chi connectivity index (χ3n) is 8.27. The van der Waals surface area contributed by atoms with E-state index in [9.17, 15) is 19.2 Å². The Hall–Kier alpha value is -3.98. The van der Waals surface area contributed by atoms with Gasteiger partial charge in [0.15, 0.2) is 11.9 Å². The van der Waals surface area contributed by atoms with E-state index in [0.29, 0.717) is 18.6 Å². The smallest absolute Gasteiger partial charge is 0.308 e. The van der Waals surface area contributed by atoms with Crippen molar-refractivity contribution in [2.75, 3.05) is 13.7 Å². The molecule has 2 aromatic carbocycles. The molecule has 2 heterocycles. The summed E-state index contributed by atoms with van der Waals surface area (Å²) >= 11 is 0. The minimum atomic E-state index is -0.874. The third kappa shape index (κ3) is 9.51. The van der Waals surface area contributed by atoms with Gasteiger partial charge in [-0.1, -0.05) is 69.3 Å². The predicted octanol–water partition coefficient (Wildman–Crippen LogP) is 4.50. The van der Waals surface area contributed by atoms with Crippen LogP contribution >= 0.6 is 0 Å². The van der Waals surface area contributed by atoms with Crippen molar-refractivity contribution in [1.29, 1.82) is 0 Å². The highest BCUT2D eigenvalue weighted by atomic mass is 16.6. The molecule has 0 saturated carbocycles. The summed E-state index contributed by atoms with van der Waals surface area (Å²) in [7, 11) is 1.58. The molecule has 0 aliphatic carbocycles. The number of nitrogens with one attached hydrogen (secondary N) is 2. The number of esters is 1. The van der Waals surface area contributed by atoms with Crippen LogP contribution in [0.15, 0.2) is 66.7 Å². The van der Waals surface area contributed by atoms with Crippen LogP contribution in [0.1, 0.15) is 63.7 Å². The van der Waals surface area contributed by atoms with Crippen LogP contribution in [0.3, 0.4) is 0 Å². The average Bonchev–Trinajstić information content (AvgIpc) is 3.81. The Morgan fingerprint density at radius 3 is 2.39 bits per heavy atom. The largest absolute Gasteiger partial charge is 0.497 e. The zero-order valence-electron chi connectivity index (χ0n) is 26.0. The fourth-order valence-corrected chi connectivity index (χ4v) is 5.65. The van der Waals surface area contributed by atoms with E-state index in [0.717, 1.165) is 11.1 Å². The van der Waals surface area contributed by atoms with Crippen LogP contribution in [0.4, 0.5) is 0 Å². The van der Waals surface area contributed by atoms with E-state index in [1.807, 2.05) is 56.3 Å². The van der Waals surface area contributed by atoms with Gasteiger partial charge in [-0.15, -0.1) is 0 Å². The summed E-state index contributed by atoms with van der Waals surface area (Å²) in [6, 6.07) is 16.4. The number of ketones is 1. The topological polar surface area (TPSA) is 123 Å². The maximum atomic E-state index is 13.6. The summed E-state index contributed by atoms with van der Waals surface area (Å²) in [4.78, 5) is 52.5. The molecular weight excluding hydrogens is 560 g/mol. The number of ether oxygens (including phenoxy) is 3. The molecule has 4 rings (SSSR count). The normalized spacial score (nSPS) is 26.7.